The van der Waals surface area contributed by atoms with E-state index in [1.54, 1.807) is 11.8 Å². The molecule has 0 amide bonds. The van der Waals surface area contributed by atoms with Gasteiger partial charge in [-0.15, -0.1) is 0 Å². The lowest BCUT2D eigenvalue weighted by molar-refractivity contribution is 0.0343. The van der Waals surface area contributed by atoms with E-state index in [1.807, 2.05) is 6.20 Å². The highest BCUT2D eigenvalue weighted by Gasteiger charge is 2.24. The van der Waals surface area contributed by atoms with Crippen molar-refractivity contribution in [2.24, 2.45) is 5.73 Å². The van der Waals surface area contributed by atoms with Crippen LogP contribution in [0.2, 0.25) is 0 Å². The fourth-order valence-electron chi connectivity index (χ4n) is 1.73. The zero-order valence-corrected chi connectivity index (χ0v) is 9.30. The Morgan fingerprint density at radius 1 is 1.57 bits per heavy atom. The predicted octanol–water partition coefficient (Wildman–Crippen LogP) is 0.0809. The Labute approximate surface area is 89.1 Å². The van der Waals surface area contributed by atoms with E-state index in [9.17, 15) is 0 Å². The van der Waals surface area contributed by atoms with Gasteiger partial charge < -0.3 is 15.4 Å². The van der Waals surface area contributed by atoms with Crippen LogP contribution in [0.25, 0.3) is 0 Å². The average Bonchev–Trinajstić information content (AvgIpc) is 2.47. The van der Waals surface area contributed by atoms with Gasteiger partial charge in [-0.3, -0.25) is 4.90 Å². The maximum atomic E-state index is 5.76. The van der Waals surface area contributed by atoms with Crippen molar-refractivity contribution in [3.8, 4) is 0 Å². The van der Waals surface area contributed by atoms with Gasteiger partial charge >= 0.3 is 0 Å². The van der Waals surface area contributed by atoms with E-state index in [2.05, 4.69) is 16.8 Å². The minimum Gasteiger partial charge on any atom is -0.392 e. The van der Waals surface area contributed by atoms with Crippen molar-refractivity contribution in [2.75, 3.05) is 39.9 Å². The van der Waals surface area contributed by atoms with Gasteiger partial charge in [0.15, 0.2) is 0 Å². The van der Waals surface area contributed by atoms with E-state index in [0.29, 0.717) is 5.37 Å². The lowest BCUT2D eigenvalue weighted by atomic mass is 10.4. The summed E-state index contributed by atoms with van der Waals surface area (Å²) in [5.74, 6) is 0. The molecule has 2 heterocycles. The fourth-order valence-corrected chi connectivity index (χ4v) is 2.78. The molecular weight excluding hydrogens is 198 g/mol. The number of likely N-dealkylation sites (N-methyl/N-ethyl adjacent to an activating group) is 1. The second kappa shape index (κ2) is 4.42. The zero-order valence-electron chi connectivity index (χ0n) is 8.48. The van der Waals surface area contributed by atoms with Gasteiger partial charge in [0.25, 0.3) is 0 Å². The van der Waals surface area contributed by atoms with Crippen LogP contribution in [0.3, 0.4) is 0 Å². The van der Waals surface area contributed by atoms with Gasteiger partial charge in [-0.05, 0) is 0 Å². The van der Waals surface area contributed by atoms with E-state index >= 15 is 0 Å². The van der Waals surface area contributed by atoms with E-state index in [4.69, 9.17) is 10.5 Å². The summed E-state index contributed by atoms with van der Waals surface area (Å²) >= 11 is 1.75. The first-order valence-corrected chi connectivity index (χ1v) is 5.79. The molecule has 14 heavy (non-hydrogen) atoms. The number of rotatable bonds is 2. The maximum absolute atomic E-state index is 5.76. The minimum atomic E-state index is 0.480. The molecule has 0 saturated carbocycles. The number of hydrogen-bond donors (Lipinski definition) is 1. The summed E-state index contributed by atoms with van der Waals surface area (Å²) in [5, 5.41) is 1.40. The largest absolute Gasteiger partial charge is 0.392 e. The molecule has 0 bridgehead atoms. The molecule has 2 aliphatic heterocycles. The van der Waals surface area contributed by atoms with E-state index in [1.165, 1.54) is 0 Å². The Morgan fingerprint density at radius 3 is 2.86 bits per heavy atom. The van der Waals surface area contributed by atoms with Gasteiger partial charge in [0, 0.05) is 32.9 Å². The molecule has 0 radical (unpaired) electrons. The van der Waals surface area contributed by atoms with Gasteiger partial charge in [-0.25, -0.2) is 0 Å². The Balaban J connectivity index is 1.80. The number of morpholine rings is 1. The lowest BCUT2D eigenvalue weighted by Gasteiger charge is -2.31. The number of ether oxygens (including phenoxy) is 1. The van der Waals surface area contributed by atoms with Crippen LogP contribution in [-0.2, 0) is 4.74 Å². The Hall–Kier alpha value is -0.390. The quantitative estimate of drug-likeness (QED) is 0.706. The van der Waals surface area contributed by atoms with Crippen LogP contribution in [0.15, 0.2) is 11.2 Å². The summed E-state index contributed by atoms with van der Waals surface area (Å²) in [7, 11) is 2.08. The standard InChI is InChI=1S/C9H17N3OS/c1-11-6-8(10)14-9(11)7-12-2-4-13-5-3-12/h6,9H,2-5,7,10H2,1H3. The van der Waals surface area contributed by atoms with Gasteiger partial charge in [-0.1, -0.05) is 11.8 Å². The van der Waals surface area contributed by atoms with Gasteiger partial charge in [0.05, 0.1) is 23.6 Å². The fraction of sp³-hybridized carbons (Fsp3) is 0.778. The topological polar surface area (TPSA) is 41.7 Å². The Morgan fingerprint density at radius 2 is 2.29 bits per heavy atom. The molecule has 2 aliphatic rings. The monoisotopic (exact) mass is 215 g/mol. The smallest absolute Gasteiger partial charge is 0.0930 e. The summed E-state index contributed by atoms with van der Waals surface area (Å²) in [6, 6.07) is 0. The third-order valence-corrected chi connectivity index (χ3v) is 3.71. The first-order chi connectivity index (χ1) is 6.75. The predicted molar refractivity (Wildman–Crippen MR) is 58.7 cm³/mol. The molecule has 0 aromatic rings. The summed E-state index contributed by atoms with van der Waals surface area (Å²) < 4.78 is 5.31. The Bertz CT molecular complexity index is 228. The zero-order chi connectivity index (χ0) is 9.97. The van der Waals surface area contributed by atoms with Crippen LogP contribution < -0.4 is 5.73 Å². The molecule has 5 heteroatoms. The second-order valence-electron chi connectivity index (χ2n) is 3.68. The second-order valence-corrected chi connectivity index (χ2v) is 4.93. The van der Waals surface area contributed by atoms with Gasteiger partial charge in [-0.2, -0.15) is 0 Å². The third kappa shape index (κ3) is 2.34. The van der Waals surface area contributed by atoms with Crippen molar-refractivity contribution in [3.05, 3.63) is 11.2 Å². The van der Waals surface area contributed by atoms with Crippen LogP contribution in [-0.4, -0.2) is 55.1 Å². The molecule has 0 spiro atoms. The molecule has 1 unspecified atom stereocenters. The van der Waals surface area contributed by atoms with Gasteiger partial charge in [0.2, 0.25) is 0 Å². The molecule has 2 N–H and O–H groups in total. The molecular formula is C9H17N3OS. The van der Waals surface area contributed by atoms with Crippen molar-refractivity contribution in [3.63, 3.8) is 0 Å². The first kappa shape index (κ1) is 10.1. The van der Waals surface area contributed by atoms with E-state index in [0.717, 1.165) is 37.9 Å². The Kier molecular flexibility index (Phi) is 3.20. The molecule has 80 valence electrons. The van der Waals surface area contributed by atoms with Crippen molar-refractivity contribution >= 4 is 11.8 Å². The molecule has 0 aromatic heterocycles. The number of nitrogens with zero attached hydrogens (tertiary/aromatic N) is 2. The van der Waals surface area contributed by atoms with Crippen LogP contribution in [0.1, 0.15) is 0 Å². The molecule has 4 nitrogen and oxygen atoms in total. The first-order valence-electron chi connectivity index (χ1n) is 4.92. The van der Waals surface area contributed by atoms with Crippen molar-refractivity contribution < 1.29 is 4.74 Å². The van der Waals surface area contributed by atoms with E-state index in [-0.39, 0.29) is 0 Å². The summed E-state index contributed by atoms with van der Waals surface area (Å²) in [5.41, 5.74) is 5.76. The highest BCUT2D eigenvalue weighted by atomic mass is 32.2. The molecule has 0 aliphatic carbocycles. The minimum absolute atomic E-state index is 0.480. The number of thioether (sulfide) groups is 1. The van der Waals surface area contributed by atoms with Crippen molar-refractivity contribution in [2.45, 2.75) is 5.37 Å². The molecule has 1 saturated heterocycles. The maximum Gasteiger partial charge on any atom is 0.0930 e. The highest BCUT2D eigenvalue weighted by molar-refractivity contribution is 8.03. The normalized spacial score (nSPS) is 29.4. The van der Waals surface area contributed by atoms with Crippen molar-refractivity contribution in [1.29, 1.82) is 0 Å². The lowest BCUT2D eigenvalue weighted by Crippen LogP contribution is -2.42. The van der Waals surface area contributed by atoms with E-state index < -0.39 is 0 Å². The summed E-state index contributed by atoms with van der Waals surface area (Å²) in [4.78, 5) is 4.62. The van der Waals surface area contributed by atoms with Crippen molar-refractivity contribution in [1.82, 2.24) is 9.80 Å². The van der Waals surface area contributed by atoms with Crippen LogP contribution in [0.4, 0.5) is 0 Å². The molecule has 0 aromatic carbocycles. The third-order valence-electron chi connectivity index (χ3n) is 2.58. The summed E-state index contributed by atoms with van der Waals surface area (Å²) in [6.45, 7) is 4.89. The molecule has 1 fully saturated rings. The number of hydrogen-bond acceptors (Lipinski definition) is 5. The average molecular weight is 215 g/mol. The number of nitrogens with two attached hydrogens (primary N) is 1. The molecule has 2 rings (SSSR count). The van der Waals surface area contributed by atoms with Crippen LogP contribution in [0, 0.1) is 0 Å². The molecule has 1 atom stereocenters. The highest BCUT2D eigenvalue weighted by Crippen LogP contribution is 2.28. The van der Waals surface area contributed by atoms with Crippen LogP contribution >= 0.6 is 11.8 Å². The summed E-state index contributed by atoms with van der Waals surface area (Å²) in [6.07, 6.45) is 2.01. The van der Waals surface area contributed by atoms with Crippen LogP contribution in [0.5, 0.6) is 0 Å². The SMILES string of the molecule is CN1C=C(N)SC1CN1CCOCC1. The van der Waals surface area contributed by atoms with Gasteiger partial charge in [0.1, 0.15) is 0 Å².